The molecule has 1 atom stereocenters. The molecule has 2 aromatic rings. The van der Waals surface area contributed by atoms with E-state index in [9.17, 15) is 4.79 Å². The molecular formula is C18H24N4OS. The zero-order valence-corrected chi connectivity index (χ0v) is 15.3. The summed E-state index contributed by atoms with van der Waals surface area (Å²) in [5.41, 5.74) is 2.09. The second-order valence-corrected chi connectivity index (χ2v) is 7.45. The van der Waals surface area contributed by atoms with Crippen LogP contribution in [0.1, 0.15) is 27.7 Å². The highest BCUT2D eigenvalue weighted by Crippen LogP contribution is 2.25. The second kappa shape index (κ2) is 7.32. The Morgan fingerprint density at radius 1 is 1.46 bits per heavy atom. The summed E-state index contributed by atoms with van der Waals surface area (Å²) in [6.07, 6.45) is 2.79. The molecule has 3 heterocycles. The van der Waals surface area contributed by atoms with Crippen LogP contribution in [-0.2, 0) is 13.0 Å². The van der Waals surface area contributed by atoms with Gasteiger partial charge in [0, 0.05) is 56.4 Å². The molecule has 0 saturated heterocycles. The molecule has 24 heavy (non-hydrogen) atoms. The van der Waals surface area contributed by atoms with Gasteiger partial charge in [0.1, 0.15) is 5.82 Å². The molecule has 1 N–H and O–H groups in total. The Balaban J connectivity index is 1.55. The Hall–Kier alpha value is -1.92. The standard InChI is InChI=1S/C18H24N4OS/c1-13(22-8-5-16-15(12-22)6-9-24-16)11-20-18(23)14-4-7-19-17(10-14)21(2)3/h4,6-7,9-10,13H,5,8,11-12H2,1-3H3,(H,20,23)/t13-/m1/s1. The van der Waals surface area contributed by atoms with Gasteiger partial charge in [0.2, 0.25) is 0 Å². The average Bonchev–Trinajstić information content (AvgIpc) is 3.07. The lowest BCUT2D eigenvalue weighted by Gasteiger charge is -2.32. The molecule has 5 nitrogen and oxygen atoms in total. The van der Waals surface area contributed by atoms with E-state index in [0.29, 0.717) is 18.2 Å². The number of hydrogen-bond acceptors (Lipinski definition) is 5. The van der Waals surface area contributed by atoms with Crippen molar-refractivity contribution in [2.75, 3.05) is 32.1 Å². The van der Waals surface area contributed by atoms with Crippen molar-refractivity contribution in [1.29, 1.82) is 0 Å². The van der Waals surface area contributed by atoms with Crippen molar-refractivity contribution in [2.45, 2.75) is 25.9 Å². The molecule has 3 rings (SSSR count). The molecule has 0 aliphatic carbocycles. The molecule has 0 bridgehead atoms. The van der Waals surface area contributed by atoms with Crippen LogP contribution in [0.5, 0.6) is 0 Å². The zero-order valence-electron chi connectivity index (χ0n) is 14.5. The smallest absolute Gasteiger partial charge is 0.251 e. The third-order valence-electron chi connectivity index (χ3n) is 4.48. The monoisotopic (exact) mass is 344 g/mol. The number of rotatable bonds is 5. The normalized spacial score (nSPS) is 15.6. The molecule has 1 aliphatic heterocycles. The summed E-state index contributed by atoms with van der Waals surface area (Å²) in [6, 6.07) is 6.11. The summed E-state index contributed by atoms with van der Waals surface area (Å²) >= 11 is 1.85. The predicted octanol–water partition coefficient (Wildman–Crippen LogP) is 2.39. The maximum atomic E-state index is 12.4. The van der Waals surface area contributed by atoms with Gasteiger partial charge < -0.3 is 10.2 Å². The minimum Gasteiger partial charge on any atom is -0.363 e. The number of anilines is 1. The van der Waals surface area contributed by atoms with Crippen molar-refractivity contribution in [2.24, 2.45) is 0 Å². The molecule has 0 unspecified atom stereocenters. The van der Waals surface area contributed by atoms with Crippen molar-refractivity contribution in [1.82, 2.24) is 15.2 Å². The van der Waals surface area contributed by atoms with Gasteiger partial charge in [-0.15, -0.1) is 11.3 Å². The van der Waals surface area contributed by atoms with Crippen LogP contribution < -0.4 is 10.2 Å². The maximum Gasteiger partial charge on any atom is 0.251 e. The van der Waals surface area contributed by atoms with Gasteiger partial charge in [-0.3, -0.25) is 9.69 Å². The van der Waals surface area contributed by atoms with Crippen LogP contribution in [-0.4, -0.2) is 49.0 Å². The van der Waals surface area contributed by atoms with Crippen molar-refractivity contribution < 1.29 is 4.79 Å². The summed E-state index contributed by atoms with van der Waals surface area (Å²) in [5, 5.41) is 5.23. The van der Waals surface area contributed by atoms with Crippen molar-refractivity contribution >= 4 is 23.1 Å². The molecule has 6 heteroatoms. The highest BCUT2D eigenvalue weighted by Gasteiger charge is 2.21. The highest BCUT2D eigenvalue weighted by atomic mass is 32.1. The molecule has 128 valence electrons. The Kier molecular flexibility index (Phi) is 5.16. The number of amides is 1. The molecule has 1 aliphatic rings. The summed E-state index contributed by atoms with van der Waals surface area (Å²) in [4.78, 5) is 22.5. The summed E-state index contributed by atoms with van der Waals surface area (Å²) in [5.74, 6) is 0.747. The fourth-order valence-electron chi connectivity index (χ4n) is 2.92. The van der Waals surface area contributed by atoms with Crippen LogP contribution in [0.25, 0.3) is 0 Å². The Bertz CT molecular complexity index is 713. The summed E-state index contributed by atoms with van der Waals surface area (Å²) in [7, 11) is 3.84. The number of nitrogens with one attached hydrogen (secondary N) is 1. The molecule has 0 aromatic carbocycles. The number of hydrogen-bond donors (Lipinski definition) is 1. The lowest BCUT2D eigenvalue weighted by molar-refractivity contribution is 0.0932. The van der Waals surface area contributed by atoms with E-state index >= 15 is 0 Å². The average molecular weight is 344 g/mol. The third-order valence-corrected chi connectivity index (χ3v) is 5.51. The fraction of sp³-hybridized carbons (Fsp3) is 0.444. The molecule has 0 fully saturated rings. The first-order valence-corrected chi connectivity index (χ1v) is 9.13. The maximum absolute atomic E-state index is 12.4. The number of fused-ring (bicyclic) bond motifs is 1. The van der Waals surface area contributed by atoms with Crippen LogP contribution in [0.3, 0.4) is 0 Å². The SMILES string of the molecule is C[C@H](CNC(=O)c1ccnc(N(C)C)c1)N1CCc2sccc2C1. The van der Waals surface area contributed by atoms with E-state index in [2.05, 4.69) is 33.6 Å². The first-order chi connectivity index (χ1) is 11.5. The van der Waals surface area contributed by atoms with Crippen LogP contribution in [0.15, 0.2) is 29.8 Å². The van der Waals surface area contributed by atoms with E-state index in [1.807, 2.05) is 36.4 Å². The van der Waals surface area contributed by atoms with Gasteiger partial charge in [0.15, 0.2) is 0 Å². The topological polar surface area (TPSA) is 48.5 Å². The Morgan fingerprint density at radius 3 is 3.08 bits per heavy atom. The second-order valence-electron chi connectivity index (χ2n) is 6.45. The molecular weight excluding hydrogens is 320 g/mol. The Labute approximate surface area is 147 Å². The van der Waals surface area contributed by atoms with E-state index in [-0.39, 0.29) is 5.91 Å². The van der Waals surface area contributed by atoms with E-state index < -0.39 is 0 Å². The van der Waals surface area contributed by atoms with Gasteiger partial charge in [-0.1, -0.05) is 0 Å². The number of thiophene rings is 1. The van der Waals surface area contributed by atoms with Gasteiger partial charge >= 0.3 is 0 Å². The van der Waals surface area contributed by atoms with Gasteiger partial charge in [0.05, 0.1) is 0 Å². The summed E-state index contributed by atoms with van der Waals surface area (Å²) in [6.45, 7) is 4.87. The van der Waals surface area contributed by atoms with E-state index in [0.717, 1.165) is 25.3 Å². The molecule has 1 amide bonds. The fourth-order valence-corrected chi connectivity index (χ4v) is 3.81. The van der Waals surface area contributed by atoms with Crippen molar-refractivity contribution in [3.8, 4) is 0 Å². The van der Waals surface area contributed by atoms with E-state index in [4.69, 9.17) is 0 Å². The molecule has 0 spiro atoms. The minimum atomic E-state index is -0.0411. The zero-order chi connectivity index (χ0) is 17.1. The number of carbonyl (C=O) groups is 1. The highest BCUT2D eigenvalue weighted by molar-refractivity contribution is 7.10. The van der Waals surface area contributed by atoms with E-state index in [1.165, 1.54) is 10.4 Å². The number of carbonyl (C=O) groups excluding carboxylic acids is 1. The van der Waals surface area contributed by atoms with Gasteiger partial charge in [0.25, 0.3) is 5.91 Å². The Morgan fingerprint density at radius 2 is 2.29 bits per heavy atom. The third kappa shape index (κ3) is 3.76. The quantitative estimate of drug-likeness (QED) is 0.905. The van der Waals surface area contributed by atoms with Crippen LogP contribution >= 0.6 is 11.3 Å². The largest absolute Gasteiger partial charge is 0.363 e. The number of aromatic nitrogens is 1. The van der Waals surface area contributed by atoms with Gasteiger partial charge in [-0.25, -0.2) is 4.98 Å². The minimum absolute atomic E-state index is 0.0411. The van der Waals surface area contributed by atoms with Gasteiger partial charge in [-0.05, 0) is 42.5 Å². The van der Waals surface area contributed by atoms with Gasteiger partial charge in [-0.2, -0.15) is 0 Å². The lowest BCUT2D eigenvalue weighted by Crippen LogP contribution is -2.44. The van der Waals surface area contributed by atoms with Crippen molar-refractivity contribution in [3.63, 3.8) is 0 Å². The van der Waals surface area contributed by atoms with Crippen LogP contribution in [0.2, 0.25) is 0 Å². The summed E-state index contributed by atoms with van der Waals surface area (Å²) < 4.78 is 0. The van der Waals surface area contributed by atoms with E-state index in [1.54, 1.807) is 12.3 Å². The molecule has 2 aromatic heterocycles. The predicted molar refractivity (Wildman–Crippen MR) is 98.8 cm³/mol. The van der Waals surface area contributed by atoms with Crippen LogP contribution in [0.4, 0.5) is 5.82 Å². The first-order valence-electron chi connectivity index (χ1n) is 8.25. The lowest BCUT2D eigenvalue weighted by atomic mass is 10.1. The molecule has 0 saturated carbocycles. The first kappa shape index (κ1) is 16.9. The van der Waals surface area contributed by atoms with Crippen LogP contribution in [0, 0.1) is 0 Å². The number of nitrogens with zero attached hydrogens (tertiary/aromatic N) is 3. The number of pyridine rings is 1. The van der Waals surface area contributed by atoms with Crippen molar-refractivity contribution in [3.05, 3.63) is 45.8 Å². The molecule has 0 radical (unpaired) electrons.